The van der Waals surface area contributed by atoms with E-state index in [-0.39, 0.29) is 12.6 Å². The minimum absolute atomic E-state index is 0.0760. The Bertz CT molecular complexity index is 198. The van der Waals surface area contributed by atoms with Gasteiger partial charge in [0.15, 0.2) is 6.10 Å². The van der Waals surface area contributed by atoms with Gasteiger partial charge in [0.2, 0.25) is 0 Å². The first-order valence-electron chi connectivity index (χ1n) is 4.98. The van der Waals surface area contributed by atoms with Crippen LogP contribution >= 0.6 is 0 Å². The van der Waals surface area contributed by atoms with Gasteiger partial charge in [0.1, 0.15) is 0 Å². The van der Waals surface area contributed by atoms with E-state index in [0.29, 0.717) is 26.1 Å². The molecule has 0 saturated carbocycles. The van der Waals surface area contributed by atoms with Crippen molar-refractivity contribution in [2.24, 2.45) is 0 Å². The van der Waals surface area contributed by atoms with Gasteiger partial charge in [0, 0.05) is 26.2 Å². The van der Waals surface area contributed by atoms with E-state index >= 15 is 0 Å². The molecule has 0 aromatic carbocycles. The molecule has 90 valence electrons. The lowest BCUT2D eigenvalue weighted by Crippen LogP contribution is -2.43. The molecule has 15 heavy (non-hydrogen) atoms. The molecule has 1 rings (SSSR count). The normalized spacial score (nSPS) is 27.4. The summed E-state index contributed by atoms with van der Waals surface area (Å²) in [6.07, 6.45) is -6.17. The summed E-state index contributed by atoms with van der Waals surface area (Å²) >= 11 is 0. The molecule has 0 spiro atoms. The summed E-state index contributed by atoms with van der Waals surface area (Å²) in [6.45, 7) is 3.00. The third-order valence-electron chi connectivity index (χ3n) is 2.35. The van der Waals surface area contributed by atoms with Crippen LogP contribution in [0.25, 0.3) is 0 Å². The van der Waals surface area contributed by atoms with Crippen molar-refractivity contribution < 1.29 is 23.0 Å². The number of rotatable bonds is 2. The molecule has 0 aliphatic carbocycles. The summed E-state index contributed by atoms with van der Waals surface area (Å²) in [5, 5.41) is 8.91. The van der Waals surface area contributed by atoms with Gasteiger partial charge < -0.3 is 9.84 Å². The minimum Gasteiger partial charge on any atom is -0.382 e. The maximum atomic E-state index is 12.1. The molecule has 1 aliphatic rings. The van der Waals surface area contributed by atoms with E-state index < -0.39 is 12.3 Å². The van der Waals surface area contributed by atoms with E-state index in [1.54, 1.807) is 4.90 Å². The molecule has 1 fully saturated rings. The molecule has 0 aromatic heterocycles. The van der Waals surface area contributed by atoms with Crippen LogP contribution < -0.4 is 0 Å². The van der Waals surface area contributed by atoms with E-state index in [1.807, 2.05) is 6.92 Å². The summed E-state index contributed by atoms with van der Waals surface area (Å²) < 4.78 is 41.6. The van der Waals surface area contributed by atoms with Gasteiger partial charge in [-0.3, -0.25) is 4.90 Å². The highest BCUT2D eigenvalue weighted by atomic mass is 19.4. The van der Waals surface area contributed by atoms with Gasteiger partial charge in [-0.1, -0.05) is 0 Å². The van der Waals surface area contributed by atoms with Crippen LogP contribution in [-0.4, -0.2) is 54.6 Å². The van der Waals surface area contributed by atoms with E-state index in [0.717, 1.165) is 0 Å². The molecule has 1 N–H and O–H groups in total. The lowest BCUT2D eigenvalue weighted by molar-refractivity contribution is -0.208. The molecule has 1 saturated heterocycles. The maximum Gasteiger partial charge on any atom is 0.415 e. The second-order valence-corrected chi connectivity index (χ2v) is 3.85. The van der Waals surface area contributed by atoms with Crippen LogP contribution in [0.15, 0.2) is 0 Å². The molecule has 1 aliphatic heterocycles. The highest BCUT2D eigenvalue weighted by Crippen LogP contribution is 2.21. The van der Waals surface area contributed by atoms with Crippen molar-refractivity contribution in [3.63, 3.8) is 0 Å². The zero-order valence-electron chi connectivity index (χ0n) is 8.63. The summed E-state index contributed by atoms with van der Waals surface area (Å²) in [6, 6.07) is 0. The summed E-state index contributed by atoms with van der Waals surface area (Å²) in [4.78, 5) is 1.59. The SMILES string of the molecule is C[C@H]1CN(C[C@@H](O)C(F)(F)F)CCCO1. The van der Waals surface area contributed by atoms with Crippen molar-refractivity contribution in [3.05, 3.63) is 0 Å². The molecular formula is C9H16F3NO2. The topological polar surface area (TPSA) is 32.7 Å². The average molecular weight is 227 g/mol. The van der Waals surface area contributed by atoms with Gasteiger partial charge in [0.05, 0.1) is 6.10 Å². The van der Waals surface area contributed by atoms with Crippen LogP contribution in [0.4, 0.5) is 13.2 Å². The smallest absolute Gasteiger partial charge is 0.382 e. The van der Waals surface area contributed by atoms with Gasteiger partial charge in [-0.25, -0.2) is 0 Å². The maximum absolute atomic E-state index is 12.1. The third kappa shape index (κ3) is 4.36. The Kier molecular flexibility index (Phi) is 4.36. The van der Waals surface area contributed by atoms with Crippen molar-refractivity contribution in [3.8, 4) is 0 Å². The molecule has 0 radical (unpaired) electrons. The molecule has 3 nitrogen and oxygen atoms in total. The van der Waals surface area contributed by atoms with Crippen molar-refractivity contribution in [2.45, 2.75) is 31.7 Å². The predicted octanol–water partition coefficient (Wildman–Crippen LogP) is 1.02. The first-order chi connectivity index (χ1) is 6.89. The molecule has 6 heteroatoms. The van der Waals surface area contributed by atoms with Gasteiger partial charge in [-0.15, -0.1) is 0 Å². The molecular weight excluding hydrogens is 211 g/mol. The highest BCUT2D eigenvalue weighted by Gasteiger charge is 2.39. The van der Waals surface area contributed by atoms with Crippen molar-refractivity contribution in [2.75, 3.05) is 26.2 Å². The van der Waals surface area contributed by atoms with Crippen LogP contribution in [-0.2, 0) is 4.74 Å². The number of hydrogen-bond acceptors (Lipinski definition) is 3. The lowest BCUT2D eigenvalue weighted by Gasteiger charge is -2.25. The van der Waals surface area contributed by atoms with E-state index in [1.165, 1.54) is 0 Å². The summed E-state index contributed by atoms with van der Waals surface area (Å²) in [7, 11) is 0. The first kappa shape index (κ1) is 12.7. The molecule has 0 unspecified atom stereocenters. The van der Waals surface area contributed by atoms with Crippen molar-refractivity contribution >= 4 is 0 Å². The number of aliphatic hydroxyl groups is 1. The Hall–Kier alpha value is -0.330. The van der Waals surface area contributed by atoms with Crippen molar-refractivity contribution in [1.29, 1.82) is 0 Å². The fourth-order valence-corrected chi connectivity index (χ4v) is 1.59. The average Bonchev–Trinajstić information content (AvgIpc) is 2.28. The van der Waals surface area contributed by atoms with Crippen LogP contribution in [0.3, 0.4) is 0 Å². The number of ether oxygens (including phenoxy) is 1. The quantitative estimate of drug-likeness (QED) is 0.764. The minimum atomic E-state index is -4.53. The van der Waals surface area contributed by atoms with Gasteiger partial charge in [-0.2, -0.15) is 13.2 Å². The standard InChI is InChI=1S/C9H16F3NO2/c1-7-5-13(3-2-4-15-7)6-8(14)9(10,11)12/h7-8,14H,2-6H2,1H3/t7-,8+/m0/s1. The largest absolute Gasteiger partial charge is 0.415 e. The van der Waals surface area contributed by atoms with E-state index in [4.69, 9.17) is 9.84 Å². The fourth-order valence-electron chi connectivity index (χ4n) is 1.59. The van der Waals surface area contributed by atoms with E-state index in [9.17, 15) is 13.2 Å². The second kappa shape index (κ2) is 5.14. The molecule has 0 bridgehead atoms. The second-order valence-electron chi connectivity index (χ2n) is 3.85. The number of nitrogens with zero attached hydrogens (tertiary/aromatic N) is 1. The van der Waals surface area contributed by atoms with Crippen LogP contribution in [0.1, 0.15) is 13.3 Å². The number of hydrogen-bond donors (Lipinski definition) is 1. The number of β-amino-alcohol motifs (C(OH)–C–C–N with tert-alkyl or cyclic N) is 1. The predicted molar refractivity (Wildman–Crippen MR) is 48.5 cm³/mol. The zero-order chi connectivity index (χ0) is 11.5. The molecule has 1 heterocycles. The Morgan fingerprint density at radius 2 is 2.20 bits per heavy atom. The monoisotopic (exact) mass is 227 g/mol. The van der Waals surface area contributed by atoms with E-state index in [2.05, 4.69) is 0 Å². The van der Waals surface area contributed by atoms with Gasteiger partial charge in [0.25, 0.3) is 0 Å². The highest BCUT2D eigenvalue weighted by molar-refractivity contribution is 4.74. The Morgan fingerprint density at radius 3 is 2.80 bits per heavy atom. The third-order valence-corrected chi connectivity index (χ3v) is 2.35. The summed E-state index contributed by atoms with van der Waals surface area (Å²) in [5.74, 6) is 0. The Balaban J connectivity index is 2.42. The molecule has 2 atom stereocenters. The summed E-state index contributed by atoms with van der Waals surface area (Å²) in [5.41, 5.74) is 0. The number of aliphatic hydroxyl groups excluding tert-OH is 1. The van der Waals surface area contributed by atoms with Gasteiger partial charge in [-0.05, 0) is 13.3 Å². The first-order valence-corrected chi connectivity index (χ1v) is 4.98. The molecule has 0 aromatic rings. The van der Waals surface area contributed by atoms with Crippen LogP contribution in [0.5, 0.6) is 0 Å². The zero-order valence-corrected chi connectivity index (χ0v) is 8.63. The molecule has 0 amide bonds. The fraction of sp³-hybridized carbons (Fsp3) is 1.00. The van der Waals surface area contributed by atoms with Crippen LogP contribution in [0.2, 0.25) is 0 Å². The van der Waals surface area contributed by atoms with Crippen LogP contribution in [0, 0.1) is 0 Å². The number of alkyl halides is 3. The Morgan fingerprint density at radius 1 is 1.53 bits per heavy atom. The van der Waals surface area contributed by atoms with Gasteiger partial charge >= 0.3 is 6.18 Å². The lowest BCUT2D eigenvalue weighted by atomic mass is 10.2. The number of halogens is 3. The van der Waals surface area contributed by atoms with Crippen molar-refractivity contribution in [1.82, 2.24) is 4.90 Å². The Labute approximate surface area is 86.8 Å².